The number of amides is 2. The summed E-state index contributed by atoms with van der Waals surface area (Å²) in [6, 6.07) is 17.8. The maximum atomic E-state index is 12.8. The summed E-state index contributed by atoms with van der Waals surface area (Å²) in [5, 5.41) is 5.75. The molecule has 0 saturated heterocycles. The van der Waals surface area contributed by atoms with Crippen molar-refractivity contribution in [3.05, 3.63) is 86.3 Å². The summed E-state index contributed by atoms with van der Waals surface area (Å²) in [6.45, 7) is 1.87. The molecule has 0 spiro atoms. The van der Waals surface area contributed by atoms with Crippen LogP contribution in [0.25, 0.3) is 0 Å². The minimum Gasteiger partial charge on any atom is -0.495 e. The van der Waals surface area contributed by atoms with E-state index in [9.17, 15) is 9.59 Å². The van der Waals surface area contributed by atoms with Gasteiger partial charge in [0.25, 0.3) is 11.8 Å². The number of carbonyl (C=O) groups excluding carboxylic acids is 2. The zero-order valence-electron chi connectivity index (χ0n) is 15.8. The quantitative estimate of drug-likeness (QED) is 0.434. The largest absolute Gasteiger partial charge is 0.495 e. The van der Waals surface area contributed by atoms with E-state index in [1.807, 2.05) is 31.2 Å². The molecule has 29 heavy (non-hydrogen) atoms. The van der Waals surface area contributed by atoms with Crippen LogP contribution in [-0.4, -0.2) is 18.9 Å². The highest BCUT2D eigenvalue weighted by molar-refractivity contribution is 9.11. The van der Waals surface area contributed by atoms with E-state index in [1.54, 1.807) is 36.4 Å². The van der Waals surface area contributed by atoms with Crippen molar-refractivity contribution in [1.82, 2.24) is 0 Å². The molecule has 2 N–H and O–H groups in total. The maximum absolute atomic E-state index is 12.8. The number of carbonyl (C=O) groups is 2. The lowest BCUT2D eigenvalue weighted by Gasteiger charge is -2.13. The smallest absolute Gasteiger partial charge is 0.259 e. The Kier molecular flexibility index (Phi) is 6.71. The van der Waals surface area contributed by atoms with Gasteiger partial charge in [-0.05, 0) is 70.9 Å². The Balaban J connectivity index is 1.77. The molecule has 3 aromatic rings. The lowest BCUT2D eigenvalue weighted by atomic mass is 10.1. The highest BCUT2D eigenvalue weighted by Crippen LogP contribution is 2.33. The molecule has 0 fully saturated rings. The van der Waals surface area contributed by atoms with E-state index in [0.717, 1.165) is 10.0 Å². The normalized spacial score (nSPS) is 10.3. The molecule has 148 valence electrons. The standard InChI is InChI=1S/C22H18Br2N2O3/c1-13-10-16(8-9-19(13)26-21(27)14-6-4-3-5-7-14)25-22(28)17-11-15(23)12-18(24)20(17)29-2/h3-12H,1-2H3,(H,25,28)(H,26,27). The van der Waals surface area contributed by atoms with Gasteiger partial charge in [-0.25, -0.2) is 0 Å². The van der Waals surface area contributed by atoms with Crippen LogP contribution in [-0.2, 0) is 0 Å². The van der Waals surface area contributed by atoms with Crippen LogP contribution in [0.2, 0.25) is 0 Å². The van der Waals surface area contributed by atoms with Gasteiger partial charge in [0.05, 0.1) is 17.1 Å². The zero-order valence-corrected chi connectivity index (χ0v) is 18.9. The minimum absolute atomic E-state index is 0.186. The molecule has 0 aromatic heterocycles. The fourth-order valence-electron chi connectivity index (χ4n) is 2.80. The third-order valence-corrected chi connectivity index (χ3v) is 5.27. The number of hydrogen-bond acceptors (Lipinski definition) is 3. The van der Waals surface area contributed by atoms with Crippen molar-refractivity contribution < 1.29 is 14.3 Å². The Morgan fingerprint density at radius 2 is 1.62 bits per heavy atom. The van der Waals surface area contributed by atoms with E-state index in [0.29, 0.717) is 32.7 Å². The van der Waals surface area contributed by atoms with E-state index in [1.165, 1.54) is 7.11 Å². The van der Waals surface area contributed by atoms with Crippen LogP contribution in [0.1, 0.15) is 26.3 Å². The van der Waals surface area contributed by atoms with Gasteiger partial charge in [-0.1, -0.05) is 34.1 Å². The van der Waals surface area contributed by atoms with Crippen molar-refractivity contribution in [3.63, 3.8) is 0 Å². The molecule has 0 saturated carbocycles. The van der Waals surface area contributed by atoms with Gasteiger partial charge in [0, 0.05) is 21.4 Å². The molecule has 3 rings (SSSR count). The van der Waals surface area contributed by atoms with Crippen molar-refractivity contribution in [3.8, 4) is 5.75 Å². The monoisotopic (exact) mass is 516 g/mol. The second kappa shape index (κ2) is 9.24. The van der Waals surface area contributed by atoms with Crippen molar-refractivity contribution >= 4 is 55.0 Å². The molecule has 0 aliphatic carbocycles. The molecule has 0 aliphatic rings. The fraction of sp³-hybridized carbons (Fsp3) is 0.0909. The van der Waals surface area contributed by atoms with Crippen LogP contribution in [0.4, 0.5) is 11.4 Å². The molecule has 0 heterocycles. The van der Waals surface area contributed by atoms with Crippen molar-refractivity contribution in [1.29, 1.82) is 0 Å². The van der Waals surface area contributed by atoms with Gasteiger partial charge in [0.15, 0.2) is 0 Å². The summed E-state index contributed by atoms with van der Waals surface area (Å²) in [7, 11) is 1.51. The predicted molar refractivity (Wildman–Crippen MR) is 122 cm³/mol. The summed E-state index contributed by atoms with van der Waals surface area (Å²) >= 11 is 6.79. The van der Waals surface area contributed by atoms with Crippen molar-refractivity contribution in [2.45, 2.75) is 6.92 Å². The average molecular weight is 518 g/mol. The van der Waals surface area contributed by atoms with Crippen LogP contribution in [0.3, 0.4) is 0 Å². The SMILES string of the molecule is COc1c(Br)cc(Br)cc1C(=O)Nc1ccc(NC(=O)c2ccccc2)c(C)c1. The van der Waals surface area contributed by atoms with Crippen LogP contribution < -0.4 is 15.4 Å². The first kappa shape index (κ1) is 21.1. The number of rotatable bonds is 5. The van der Waals surface area contributed by atoms with E-state index in [4.69, 9.17) is 4.74 Å². The Labute approximate surface area is 185 Å². The van der Waals surface area contributed by atoms with Gasteiger partial charge in [-0.3, -0.25) is 9.59 Å². The molecule has 5 nitrogen and oxygen atoms in total. The maximum Gasteiger partial charge on any atom is 0.259 e. The van der Waals surface area contributed by atoms with Gasteiger partial charge in [-0.15, -0.1) is 0 Å². The van der Waals surface area contributed by atoms with Crippen molar-refractivity contribution in [2.24, 2.45) is 0 Å². The Hall–Kier alpha value is -2.64. The molecule has 0 atom stereocenters. The minimum atomic E-state index is -0.302. The number of halogens is 2. The Bertz CT molecular complexity index is 1070. The third-order valence-electron chi connectivity index (χ3n) is 4.23. The highest BCUT2D eigenvalue weighted by Gasteiger charge is 2.17. The summed E-state index contributed by atoms with van der Waals surface area (Å²) in [4.78, 5) is 25.1. The van der Waals surface area contributed by atoms with E-state index in [2.05, 4.69) is 42.5 Å². The summed E-state index contributed by atoms with van der Waals surface area (Å²) < 4.78 is 6.77. The first-order chi connectivity index (χ1) is 13.9. The molecule has 2 amide bonds. The molecule has 0 aliphatic heterocycles. The van der Waals surface area contributed by atoms with Gasteiger partial charge in [-0.2, -0.15) is 0 Å². The number of nitrogens with one attached hydrogen (secondary N) is 2. The number of anilines is 2. The predicted octanol–water partition coefficient (Wildman–Crippen LogP) is 6.03. The molecule has 3 aromatic carbocycles. The first-order valence-corrected chi connectivity index (χ1v) is 10.3. The number of benzene rings is 3. The Morgan fingerprint density at radius 1 is 0.897 bits per heavy atom. The van der Waals surface area contributed by atoms with Crippen LogP contribution in [0.5, 0.6) is 5.75 Å². The molecule has 7 heteroatoms. The third kappa shape index (κ3) is 5.05. The highest BCUT2D eigenvalue weighted by atomic mass is 79.9. The number of aryl methyl sites for hydroxylation is 1. The van der Waals surface area contributed by atoms with E-state index < -0.39 is 0 Å². The van der Waals surface area contributed by atoms with Crippen LogP contribution >= 0.6 is 31.9 Å². The zero-order chi connectivity index (χ0) is 21.0. The first-order valence-electron chi connectivity index (χ1n) is 8.70. The topological polar surface area (TPSA) is 67.4 Å². The summed E-state index contributed by atoms with van der Waals surface area (Å²) in [5.41, 5.74) is 3.10. The number of hydrogen-bond donors (Lipinski definition) is 2. The molecule has 0 unspecified atom stereocenters. The van der Waals surface area contributed by atoms with Gasteiger partial charge < -0.3 is 15.4 Å². The second-order valence-corrected chi connectivity index (χ2v) is 8.04. The summed E-state index contributed by atoms with van der Waals surface area (Å²) in [5.74, 6) is -0.0345. The fourth-order valence-corrected chi connectivity index (χ4v) is 4.19. The number of ether oxygens (including phenoxy) is 1. The lowest BCUT2D eigenvalue weighted by molar-refractivity contribution is 0.101. The van der Waals surface area contributed by atoms with Crippen LogP contribution in [0.15, 0.2) is 69.6 Å². The lowest BCUT2D eigenvalue weighted by Crippen LogP contribution is -2.15. The summed E-state index contributed by atoms with van der Waals surface area (Å²) in [6.07, 6.45) is 0. The second-order valence-electron chi connectivity index (χ2n) is 6.27. The number of methoxy groups -OCH3 is 1. The molecular weight excluding hydrogens is 500 g/mol. The molecule has 0 radical (unpaired) electrons. The van der Waals surface area contributed by atoms with Gasteiger partial charge in [0.1, 0.15) is 5.75 Å². The Morgan fingerprint density at radius 3 is 2.28 bits per heavy atom. The molecule has 0 bridgehead atoms. The van der Waals surface area contributed by atoms with E-state index >= 15 is 0 Å². The average Bonchev–Trinajstić information content (AvgIpc) is 2.70. The van der Waals surface area contributed by atoms with Crippen LogP contribution in [0, 0.1) is 6.92 Å². The van der Waals surface area contributed by atoms with E-state index in [-0.39, 0.29) is 11.8 Å². The molecular formula is C22H18Br2N2O3. The van der Waals surface area contributed by atoms with Gasteiger partial charge >= 0.3 is 0 Å². The van der Waals surface area contributed by atoms with Gasteiger partial charge in [0.2, 0.25) is 0 Å². The van der Waals surface area contributed by atoms with Crippen molar-refractivity contribution in [2.75, 3.05) is 17.7 Å².